The second kappa shape index (κ2) is 6.86. The number of carboxylic acids is 1. The van der Waals surface area contributed by atoms with Gasteiger partial charge in [0.15, 0.2) is 0 Å². The van der Waals surface area contributed by atoms with Crippen molar-refractivity contribution in [1.82, 2.24) is 9.88 Å². The van der Waals surface area contributed by atoms with Gasteiger partial charge in [-0.1, -0.05) is 24.3 Å². The average molecular weight is 358 g/mol. The summed E-state index contributed by atoms with van der Waals surface area (Å²) in [6, 6.07) is 8.47. The quantitative estimate of drug-likeness (QED) is 0.890. The van der Waals surface area contributed by atoms with Crippen LogP contribution in [0.5, 0.6) is 0 Å². The average Bonchev–Trinajstić information content (AvgIpc) is 3.25. The summed E-state index contributed by atoms with van der Waals surface area (Å²) >= 11 is 1.51. The Balaban J connectivity index is 1.39. The highest BCUT2D eigenvalue weighted by atomic mass is 32.1. The van der Waals surface area contributed by atoms with Gasteiger partial charge in [-0.3, -0.25) is 4.79 Å². The molecule has 1 aromatic heterocycles. The minimum atomic E-state index is -0.740. The van der Waals surface area contributed by atoms with Crippen LogP contribution in [0.4, 0.5) is 0 Å². The molecule has 1 spiro atoms. The minimum absolute atomic E-state index is 0.166. The van der Waals surface area contributed by atoms with Crippen LogP contribution in [0.25, 0.3) is 0 Å². The zero-order valence-corrected chi connectivity index (χ0v) is 14.9. The lowest BCUT2D eigenvalue weighted by molar-refractivity contribution is -0.143. The molecule has 5 nitrogen and oxygen atoms in total. The standard InChI is InChI=1S/C19H22N2O3S/c22-18(23)15(9-16-12-25-13-20-16)10-21-7-5-19(6-8-21)17-4-2-1-3-14(17)11-24-19/h1-4,12-13,15H,5-11H2,(H,22,23). The van der Waals surface area contributed by atoms with Crippen molar-refractivity contribution in [2.75, 3.05) is 19.6 Å². The molecule has 1 saturated heterocycles. The van der Waals surface area contributed by atoms with E-state index in [0.717, 1.165) is 31.6 Å². The number of ether oxygens (including phenoxy) is 1. The maximum atomic E-state index is 11.6. The molecule has 2 aromatic rings. The molecule has 1 aromatic carbocycles. The molecule has 4 rings (SSSR count). The summed E-state index contributed by atoms with van der Waals surface area (Å²) in [7, 11) is 0. The second-order valence-electron chi connectivity index (χ2n) is 6.96. The third-order valence-corrected chi connectivity index (χ3v) is 6.08. The highest BCUT2D eigenvalue weighted by Crippen LogP contribution is 2.44. The van der Waals surface area contributed by atoms with Crippen LogP contribution in [0.1, 0.15) is 29.7 Å². The van der Waals surface area contributed by atoms with E-state index < -0.39 is 11.9 Å². The van der Waals surface area contributed by atoms with Crippen LogP contribution >= 0.6 is 11.3 Å². The smallest absolute Gasteiger partial charge is 0.308 e. The normalized spacial score (nSPS) is 20.5. The summed E-state index contributed by atoms with van der Waals surface area (Å²) in [5.41, 5.74) is 5.09. The van der Waals surface area contributed by atoms with Crippen molar-refractivity contribution in [3.8, 4) is 0 Å². The first kappa shape index (κ1) is 16.7. The number of carboxylic acid groups (broad SMARTS) is 1. The molecule has 25 heavy (non-hydrogen) atoms. The van der Waals surface area contributed by atoms with Crippen molar-refractivity contribution >= 4 is 17.3 Å². The van der Waals surface area contributed by atoms with E-state index in [1.807, 2.05) is 5.38 Å². The third-order valence-electron chi connectivity index (χ3n) is 5.44. The van der Waals surface area contributed by atoms with E-state index >= 15 is 0 Å². The van der Waals surface area contributed by atoms with E-state index in [2.05, 4.69) is 34.1 Å². The molecule has 0 saturated carbocycles. The molecule has 2 aliphatic heterocycles. The number of aliphatic carboxylic acids is 1. The van der Waals surface area contributed by atoms with Crippen molar-refractivity contribution < 1.29 is 14.6 Å². The number of carbonyl (C=O) groups is 1. The lowest BCUT2D eigenvalue weighted by atomic mass is 9.83. The number of fused-ring (bicyclic) bond motifs is 2. The molecule has 2 aliphatic rings. The Morgan fingerprint density at radius 3 is 2.88 bits per heavy atom. The predicted molar refractivity (Wildman–Crippen MR) is 95.5 cm³/mol. The molecule has 0 amide bonds. The molecule has 0 aliphatic carbocycles. The SMILES string of the molecule is O=C(O)C(Cc1cscn1)CN1CCC2(CC1)OCc1ccccc12. The van der Waals surface area contributed by atoms with Gasteiger partial charge in [0.2, 0.25) is 0 Å². The number of piperidine rings is 1. The second-order valence-corrected chi connectivity index (χ2v) is 7.68. The van der Waals surface area contributed by atoms with Gasteiger partial charge < -0.3 is 14.7 Å². The van der Waals surface area contributed by atoms with Gasteiger partial charge in [0, 0.05) is 31.4 Å². The van der Waals surface area contributed by atoms with Crippen LogP contribution in [0.3, 0.4) is 0 Å². The first-order valence-corrected chi connectivity index (χ1v) is 9.65. The van der Waals surface area contributed by atoms with Crippen LogP contribution < -0.4 is 0 Å². The predicted octanol–water partition coefficient (Wildman–Crippen LogP) is 2.91. The van der Waals surface area contributed by atoms with Crippen LogP contribution in [-0.4, -0.2) is 40.6 Å². The summed E-state index contributed by atoms with van der Waals surface area (Å²) in [5, 5.41) is 11.5. The molecule has 1 unspecified atom stereocenters. The molecule has 3 heterocycles. The van der Waals surface area contributed by atoms with Crippen molar-refractivity contribution in [3.05, 3.63) is 52.0 Å². The highest BCUT2D eigenvalue weighted by Gasteiger charge is 2.42. The Hall–Kier alpha value is -1.76. The van der Waals surface area contributed by atoms with Crippen molar-refractivity contribution in [2.24, 2.45) is 5.92 Å². The van der Waals surface area contributed by atoms with Gasteiger partial charge in [-0.15, -0.1) is 11.3 Å². The molecule has 0 radical (unpaired) electrons. The van der Waals surface area contributed by atoms with Crippen molar-refractivity contribution in [2.45, 2.75) is 31.5 Å². The fourth-order valence-electron chi connectivity index (χ4n) is 4.03. The molecule has 1 fully saturated rings. The number of thiazole rings is 1. The number of hydrogen-bond donors (Lipinski definition) is 1. The maximum absolute atomic E-state index is 11.6. The van der Waals surface area contributed by atoms with Gasteiger partial charge in [0.1, 0.15) is 0 Å². The summed E-state index contributed by atoms with van der Waals surface area (Å²) in [5.74, 6) is -1.15. The van der Waals surface area contributed by atoms with E-state index in [0.29, 0.717) is 19.6 Å². The summed E-state index contributed by atoms with van der Waals surface area (Å²) < 4.78 is 6.19. The van der Waals surface area contributed by atoms with E-state index in [-0.39, 0.29) is 5.60 Å². The molecular formula is C19H22N2O3S. The number of benzene rings is 1. The Morgan fingerprint density at radius 1 is 1.36 bits per heavy atom. The maximum Gasteiger partial charge on any atom is 0.308 e. The number of rotatable bonds is 5. The Labute approximate surface area is 151 Å². The topological polar surface area (TPSA) is 62.7 Å². The van der Waals surface area contributed by atoms with E-state index in [9.17, 15) is 9.90 Å². The first-order chi connectivity index (χ1) is 12.2. The van der Waals surface area contributed by atoms with Crippen LogP contribution in [0, 0.1) is 5.92 Å². The molecule has 6 heteroatoms. The molecule has 132 valence electrons. The third kappa shape index (κ3) is 3.34. The van der Waals surface area contributed by atoms with Gasteiger partial charge in [0.25, 0.3) is 0 Å². The molecule has 1 N–H and O–H groups in total. The first-order valence-electron chi connectivity index (χ1n) is 8.71. The molecule has 1 atom stereocenters. The highest BCUT2D eigenvalue weighted by molar-refractivity contribution is 7.07. The van der Waals surface area contributed by atoms with Gasteiger partial charge in [-0.05, 0) is 24.0 Å². The monoisotopic (exact) mass is 358 g/mol. The number of nitrogens with zero attached hydrogens (tertiary/aromatic N) is 2. The molecular weight excluding hydrogens is 336 g/mol. The lowest BCUT2D eigenvalue weighted by Crippen LogP contribution is -2.45. The van der Waals surface area contributed by atoms with Crippen molar-refractivity contribution in [1.29, 1.82) is 0 Å². The summed E-state index contributed by atoms with van der Waals surface area (Å²) in [6.07, 6.45) is 2.35. The van der Waals surface area contributed by atoms with Crippen LogP contribution in [0.2, 0.25) is 0 Å². The van der Waals surface area contributed by atoms with Gasteiger partial charge in [0.05, 0.1) is 29.3 Å². The zero-order chi connectivity index (χ0) is 17.3. The minimum Gasteiger partial charge on any atom is -0.481 e. The number of hydrogen-bond acceptors (Lipinski definition) is 5. The van der Waals surface area contributed by atoms with Crippen LogP contribution in [0.15, 0.2) is 35.2 Å². The Kier molecular flexibility index (Phi) is 4.58. The summed E-state index contributed by atoms with van der Waals surface area (Å²) in [6.45, 7) is 3.01. The fourth-order valence-corrected chi connectivity index (χ4v) is 4.60. The van der Waals surface area contributed by atoms with E-state index in [1.54, 1.807) is 5.51 Å². The van der Waals surface area contributed by atoms with E-state index in [1.165, 1.54) is 22.5 Å². The van der Waals surface area contributed by atoms with E-state index in [4.69, 9.17) is 4.74 Å². The Morgan fingerprint density at radius 2 is 2.16 bits per heavy atom. The van der Waals surface area contributed by atoms with Gasteiger partial charge >= 0.3 is 5.97 Å². The number of aromatic nitrogens is 1. The molecule has 0 bridgehead atoms. The van der Waals surface area contributed by atoms with Crippen LogP contribution in [-0.2, 0) is 28.2 Å². The summed E-state index contributed by atoms with van der Waals surface area (Å²) in [4.78, 5) is 18.1. The Bertz CT molecular complexity index is 739. The van der Waals surface area contributed by atoms with Gasteiger partial charge in [-0.2, -0.15) is 0 Å². The number of likely N-dealkylation sites (tertiary alicyclic amines) is 1. The van der Waals surface area contributed by atoms with Crippen molar-refractivity contribution in [3.63, 3.8) is 0 Å². The lowest BCUT2D eigenvalue weighted by Gasteiger charge is -2.40. The fraction of sp³-hybridized carbons (Fsp3) is 0.474. The largest absolute Gasteiger partial charge is 0.481 e. The zero-order valence-electron chi connectivity index (χ0n) is 14.1. The van der Waals surface area contributed by atoms with Gasteiger partial charge in [-0.25, -0.2) is 4.98 Å².